The number of hydrogen-bond acceptors (Lipinski definition) is 3. The number of benzene rings is 1. The van der Waals surface area contributed by atoms with Gasteiger partial charge in [-0.05, 0) is 12.5 Å². The predicted molar refractivity (Wildman–Crippen MR) is 63.2 cm³/mol. The van der Waals surface area contributed by atoms with Gasteiger partial charge in [0.2, 0.25) is 5.91 Å². The molecule has 0 aliphatic heterocycles. The van der Waals surface area contributed by atoms with Gasteiger partial charge in [-0.3, -0.25) is 9.59 Å². The fraction of sp³-hybridized carbons (Fsp3) is 0.333. The molecule has 1 aromatic carbocycles. The monoisotopic (exact) mass is 236 g/mol. The highest BCUT2D eigenvalue weighted by Crippen LogP contribution is 2.17. The summed E-state index contributed by atoms with van der Waals surface area (Å²) in [5.74, 6) is -1.34. The first-order valence-electron chi connectivity index (χ1n) is 5.29. The van der Waals surface area contributed by atoms with Gasteiger partial charge in [0, 0.05) is 6.54 Å². The first-order chi connectivity index (χ1) is 7.94. The summed E-state index contributed by atoms with van der Waals surface area (Å²) in [6, 6.07) is 8.95. The van der Waals surface area contributed by atoms with Crippen LogP contribution in [0, 0.1) is 0 Å². The summed E-state index contributed by atoms with van der Waals surface area (Å²) < 4.78 is 0. The van der Waals surface area contributed by atoms with Gasteiger partial charge in [0.15, 0.2) is 0 Å². The summed E-state index contributed by atoms with van der Waals surface area (Å²) in [6.07, 6.45) is -0.114. The maximum atomic E-state index is 11.8. The van der Waals surface area contributed by atoms with Crippen molar-refractivity contribution in [3.63, 3.8) is 0 Å². The lowest BCUT2D eigenvalue weighted by Crippen LogP contribution is -2.49. The van der Waals surface area contributed by atoms with Crippen molar-refractivity contribution in [3.05, 3.63) is 35.9 Å². The summed E-state index contributed by atoms with van der Waals surface area (Å²) in [4.78, 5) is 22.1. The number of rotatable bonds is 5. The molecule has 4 N–H and O–H groups in total. The topological polar surface area (TPSA) is 92.4 Å². The Hall–Kier alpha value is -1.88. The van der Waals surface area contributed by atoms with Crippen LogP contribution in [0.3, 0.4) is 0 Å². The molecule has 1 rings (SSSR count). The third-order valence-corrected chi connectivity index (χ3v) is 2.47. The lowest BCUT2D eigenvalue weighted by molar-refractivity contribution is -0.137. The lowest BCUT2D eigenvalue weighted by Gasteiger charge is -2.23. The SMILES string of the molecule is CC(N)(C(=O)NCCC(=O)O)c1ccccc1. The minimum absolute atomic E-state index is 0.0772. The standard InChI is InChI=1S/C12H16N2O3/c1-12(13,9-5-3-2-4-6-9)11(17)14-8-7-10(15)16/h2-6H,7-8,13H2,1H3,(H,14,17)(H,15,16). The van der Waals surface area contributed by atoms with E-state index in [1.54, 1.807) is 31.2 Å². The molecular formula is C12H16N2O3. The van der Waals surface area contributed by atoms with Gasteiger partial charge in [-0.25, -0.2) is 0 Å². The van der Waals surface area contributed by atoms with Crippen LogP contribution >= 0.6 is 0 Å². The largest absolute Gasteiger partial charge is 0.481 e. The van der Waals surface area contributed by atoms with Gasteiger partial charge in [0.1, 0.15) is 5.54 Å². The Morgan fingerprint density at radius 2 is 1.94 bits per heavy atom. The number of carbonyl (C=O) groups is 2. The zero-order valence-corrected chi connectivity index (χ0v) is 9.64. The Morgan fingerprint density at radius 1 is 1.35 bits per heavy atom. The van der Waals surface area contributed by atoms with Crippen LogP contribution in [0.1, 0.15) is 18.9 Å². The van der Waals surface area contributed by atoms with E-state index in [4.69, 9.17) is 10.8 Å². The Kier molecular flexibility index (Phi) is 4.23. The quantitative estimate of drug-likeness (QED) is 0.692. The second-order valence-electron chi connectivity index (χ2n) is 3.97. The Balaban J connectivity index is 2.64. The van der Waals surface area contributed by atoms with E-state index in [9.17, 15) is 9.59 Å². The molecule has 1 atom stereocenters. The van der Waals surface area contributed by atoms with Gasteiger partial charge in [-0.1, -0.05) is 30.3 Å². The fourth-order valence-corrected chi connectivity index (χ4v) is 1.38. The van der Waals surface area contributed by atoms with E-state index >= 15 is 0 Å². The number of carboxylic acid groups (broad SMARTS) is 1. The fourth-order valence-electron chi connectivity index (χ4n) is 1.38. The summed E-state index contributed by atoms with van der Waals surface area (Å²) >= 11 is 0. The molecule has 0 radical (unpaired) electrons. The van der Waals surface area contributed by atoms with Crippen molar-refractivity contribution in [2.24, 2.45) is 5.73 Å². The van der Waals surface area contributed by atoms with Crippen molar-refractivity contribution in [1.82, 2.24) is 5.32 Å². The van der Waals surface area contributed by atoms with Gasteiger partial charge < -0.3 is 16.2 Å². The molecule has 0 heterocycles. The van der Waals surface area contributed by atoms with E-state index in [2.05, 4.69) is 5.32 Å². The molecule has 5 nitrogen and oxygen atoms in total. The number of aliphatic carboxylic acids is 1. The van der Waals surface area contributed by atoms with Crippen LogP contribution in [0.4, 0.5) is 0 Å². The van der Waals surface area contributed by atoms with Crippen LogP contribution in [0.15, 0.2) is 30.3 Å². The Morgan fingerprint density at radius 3 is 2.47 bits per heavy atom. The molecule has 0 spiro atoms. The smallest absolute Gasteiger partial charge is 0.305 e. The third-order valence-electron chi connectivity index (χ3n) is 2.47. The molecule has 1 unspecified atom stereocenters. The molecule has 5 heteroatoms. The number of amides is 1. The molecule has 0 aliphatic rings. The van der Waals surface area contributed by atoms with Gasteiger partial charge in [0.25, 0.3) is 0 Å². The van der Waals surface area contributed by atoms with Crippen molar-refractivity contribution in [3.8, 4) is 0 Å². The minimum Gasteiger partial charge on any atom is -0.481 e. The molecule has 1 amide bonds. The van der Waals surface area contributed by atoms with Crippen LogP contribution in [-0.2, 0) is 15.1 Å². The molecule has 0 saturated heterocycles. The average Bonchev–Trinajstić information content (AvgIpc) is 2.29. The van der Waals surface area contributed by atoms with E-state index in [1.165, 1.54) is 0 Å². The van der Waals surface area contributed by atoms with E-state index in [1.807, 2.05) is 6.07 Å². The number of nitrogens with one attached hydrogen (secondary N) is 1. The minimum atomic E-state index is -1.15. The van der Waals surface area contributed by atoms with Crippen molar-refractivity contribution >= 4 is 11.9 Å². The van der Waals surface area contributed by atoms with Crippen molar-refractivity contribution in [2.45, 2.75) is 18.9 Å². The van der Waals surface area contributed by atoms with Crippen LogP contribution in [-0.4, -0.2) is 23.5 Å². The Labute approximate surface area is 99.6 Å². The van der Waals surface area contributed by atoms with Crippen molar-refractivity contribution in [2.75, 3.05) is 6.54 Å². The molecule has 0 bridgehead atoms. The maximum absolute atomic E-state index is 11.8. The summed E-state index contributed by atoms with van der Waals surface area (Å²) in [5, 5.41) is 11.0. The first kappa shape index (κ1) is 13.2. The maximum Gasteiger partial charge on any atom is 0.305 e. The lowest BCUT2D eigenvalue weighted by atomic mass is 9.92. The highest BCUT2D eigenvalue weighted by molar-refractivity contribution is 5.87. The zero-order chi connectivity index (χ0) is 12.9. The number of carbonyl (C=O) groups excluding carboxylic acids is 1. The summed E-state index contributed by atoms with van der Waals surface area (Å²) in [5.41, 5.74) is 5.47. The first-order valence-corrected chi connectivity index (χ1v) is 5.29. The van der Waals surface area contributed by atoms with Crippen LogP contribution in [0.25, 0.3) is 0 Å². The number of nitrogens with two attached hydrogens (primary N) is 1. The van der Waals surface area contributed by atoms with Crippen molar-refractivity contribution in [1.29, 1.82) is 0 Å². The van der Waals surface area contributed by atoms with Crippen LogP contribution < -0.4 is 11.1 Å². The molecule has 1 aromatic rings. The normalized spacial score (nSPS) is 13.8. The van der Waals surface area contributed by atoms with E-state index < -0.39 is 11.5 Å². The van der Waals surface area contributed by atoms with E-state index in [0.29, 0.717) is 5.56 Å². The van der Waals surface area contributed by atoms with Crippen LogP contribution in [0.5, 0.6) is 0 Å². The molecule has 0 fully saturated rings. The highest BCUT2D eigenvalue weighted by Gasteiger charge is 2.29. The molecule has 0 aliphatic carbocycles. The molecule has 0 aromatic heterocycles. The van der Waals surface area contributed by atoms with E-state index in [0.717, 1.165) is 0 Å². The van der Waals surface area contributed by atoms with E-state index in [-0.39, 0.29) is 18.9 Å². The average molecular weight is 236 g/mol. The molecule has 0 saturated carbocycles. The van der Waals surface area contributed by atoms with Crippen molar-refractivity contribution < 1.29 is 14.7 Å². The summed E-state index contributed by atoms with van der Waals surface area (Å²) in [7, 11) is 0. The molecule has 17 heavy (non-hydrogen) atoms. The predicted octanol–water partition coefficient (Wildman–Crippen LogP) is 0.451. The highest BCUT2D eigenvalue weighted by atomic mass is 16.4. The van der Waals surface area contributed by atoms with Crippen LogP contribution in [0.2, 0.25) is 0 Å². The number of hydrogen-bond donors (Lipinski definition) is 3. The molecular weight excluding hydrogens is 220 g/mol. The number of carboxylic acids is 1. The van der Waals surface area contributed by atoms with Gasteiger partial charge in [-0.2, -0.15) is 0 Å². The molecule has 92 valence electrons. The van der Waals surface area contributed by atoms with Gasteiger partial charge in [-0.15, -0.1) is 0 Å². The van der Waals surface area contributed by atoms with Gasteiger partial charge >= 0.3 is 5.97 Å². The second kappa shape index (κ2) is 5.45. The summed E-state index contributed by atoms with van der Waals surface area (Å²) in [6.45, 7) is 1.67. The Bertz CT molecular complexity index is 401. The zero-order valence-electron chi connectivity index (χ0n) is 9.64. The second-order valence-corrected chi connectivity index (χ2v) is 3.97. The third kappa shape index (κ3) is 3.57. The van der Waals surface area contributed by atoms with Gasteiger partial charge in [0.05, 0.1) is 6.42 Å².